The number of amides is 2. The highest BCUT2D eigenvalue weighted by atomic mass is 35.5. The van der Waals surface area contributed by atoms with Gasteiger partial charge in [-0.05, 0) is 42.3 Å². The van der Waals surface area contributed by atoms with Gasteiger partial charge in [0.2, 0.25) is 10.0 Å². The molecule has 2 amide bonds. The number of halogens is 2. The van der Waals surface area contributed by atoms with Crippen molar-refractivity contribution in [2.24, 2.45) is 0 Å². The van der Waals surface area contributed by atoms with E-state index in [1.807, 2.05) is 11.8 Å². The predicted octanol–water partition coefficient (Wildman–Crippen LogP) is 3.90. The molecule has 10 heteroatoms. The van der Waals surface area contributed by atoms with E-state index in [0.717, 1.165) is 5.56 Å². The number of carbonyl (C=O) groups is 2. The fourth-order valence-electron chi connectivity index (χ4n) is 3.29. The van der Waals surface area contributed by atoms with Crippen molar-refractivity contribution in [2.75, 3.05) is 24.4 Å². The molecular weight excluding hydrogens is 461 g/mol. The highest BCUT2D eigenvalue weighted by molar-refractivity contribution is 7.90. The molecule has 0 unspecified atom stereocenters. The van der Waals surface area contributed by atoms with Gasteiger partial charge in [-0.3, -0.25) is 9.59 Å². The van der Waals surface area contributed by atoms with E-state index >= 15 is 0 Å². The van der Waals surface area contributed by atoms with Crippen molar-refractivity contribution in [3.05, 3.63) is 63.1 Å². The molecule has 1 N–H and O–H groups in total. The van der Waals surface area contributed by atoms with Gasteiger partial charge in [-0.15, -0.1) is 0 Å². The Labute approximate surface area is 192 Å². The molecule has 2 aromatic carbocycles. The van der Waals surface area contributed by atoms with Crippen LogP contribution in [0.2, 0.25) is 10.0 Å². The van der Waals surface area contributed by atoms with Gasteiger partial charge in [0.1, 0.15) is 0 Å². The van der Waals surface area contributed by atoms with E-state index in [9.17, 15) is 18.0 Å². The summed E-state index contributed by atoms with van der Waals surface area (Å²) in [4.78, 5) is 28.6. The van der Waals surface area contributed by atoms with Crippen LogP contribution in [0.4, 0.5) is 5.69 Å². The Hall–Kier alpha value is -2.29. The smallest absolute Gasteiger partial charge is 0.264 e. The number of hydrogen-bond donors (Lipinski definition) is 1. The normalized spacial score (nSPS) is 13.9. The number of nitrogens with one attached hydrogen (secondary N) is 1. The number of nitrogens with zero attached hydrogens (tertiary/aromatic N) is 2. The van der Waals surface area contributed by atoms with Crippen LogP contribution in [0.5, 0.6) is 0 Å². The maximum atomic E-state index is 12.6. The van der Waals surface area contributed by atoms with Gasteiger partial charge in [0.25, 0.3) is 11.8 Å². The lowest BCUT2D eigenvalue weighted by Crippen LogP contribution is -2.44. The van der Waals surface area contributed by atoms with Crippen molar-refractivity contribution in [1.82, 2.24) is 9.62 Å². The third kappa shape index (κ3) is 5.50. The lowest BCUT2D eigenvalue weighted by atomic mass is 10.0. The first-order valence-electron chi connectivity index (χ1n) is 9.74. The Bertz CT molecular complexity index is 1120. The minimum Gasteiger partial charge on any atom is -0.349 e. The summed E-state index contributed by atoms with van der Waals surface area (Å²) in [5, 5.41) is 1.01. The van der Waals surface area contributed by atoms with Gasteiger partial charge >= 0.3 is 0 Å². The maximum Gasteiger partial charge on any atom is 0.264 e. The van der Waals surface area contributed by atoms with Crippen LogP contribution in [0.15, 0.2) is 36.4 Å². The molecule has 0 bridgehead atoms. The molecule has 1 aliphatic rings. The Morgan fingerprint density at radius 2 is 1.90 bits per heavy atom. The predicted molar refractivity (Wildman–Crippen MR) is 122 cm³/mol. The largest absolute Gasteiger partial charge is 0.349 e. The summed E-state index contributed by atoms with van der Waals surface area (Å²) >= 11 is 12.3. The zero-order valence-electron chi connectivity index (χ0n) is 17.2. The summed E-state index contributed by atoms with van der Waals surface area (Å²) in [6.07, 6.45) is 1.16. The molecule has 0 radical (unpaired) electrons. The molecule has 31 heavy (non-hydrogen) atoms. The average molecular weight is 484 g/mol. The molecule has 1 heterocycles. The fraction of sp³-hybridized carbons (Fsp3) is 0.333. The van der Waals surface area contributed by atoms with Crippen molar-refractivity contribution < 1.29 is 18.0 Å². The second kappa shape index (κ2) is 9.46. The summed E-state index contributed by atoms with van der Waals surface area (Å²) in [5.41, 5.74) is 1.91. The summed E-state index contributed by atoms with van der Waals surface area (Å²) < 4.78 is 26.3. The van der Waals surface area contributed by atoms with Crippen LogP contribution in [0, 0.1) is 0 Å². The van der Waals surface area contributed by atoms with Gasteiger partial charge in [0.15, 0.2) is 0 Å². The number of sulfonamides is 1. The number of fused-ring (bicyclic) bond motifs is 1. The third-order valence-corrected chi connectivity index (χ3v) is 6.86. The van der Waals surface area contributed by atoms with E-state index < -0.39 is 15.9 Å². The van der Waals surface area contributed by atoms with E-state index in [4.69, 9.17) is 23.2 Å². The van der Waals surface area contributed by atoms with Crippen LogP contribution in [0.1, 0.15) is 46.0 Å². The Morgan fingerprint density at radius 1 is 1.16 bits per heavy atom. The number of carbonyl (C=O) groups excluding carboxylic acids is 2. The molecule has 0 atom stereocenters. The summed E-state index contributed by atoms with van der Waals surface area (Å²) in [5.74, 6) is -1.03. The maximum absolute atomic E-state index is 12.6. The molecule has 1 aliphatic heterocycles. The summed E-state index contributed by atoms with van der Waals surface area (Å²) in [6.45, 7) is 2.53. The van der Waals surface area contributed by atoms with E-state index in [1.54, 1.807) is 30.1 Å². The lowest BCUT2D eigenvalue weighted by molar-refractivity contribution is 0.0780. The first kappa shape index (κ1) is 23.4. The zero-order valence-corrected chi connectivity index (χ0v) is 19.5. The first-order valence-corrected chi connectivity index (χ1v) is 12.2. The number of anilines is 1. The van der Waals surface area contributed by atoms with Crippen molar-refractivity contribution in [2.45, 2.75) is 26.3 Å². The molecule has 0 fully saturated rings. The minimum atomic E-state index is -3.72. The second-order valence-corrected chi connectivity index (χ2v) is 10.1. The Kier molecular flexibility index (Phi) is 7.13. The monoisotopic (exact) mass is 483 g/mol. The lowest BCUT2D eigenvalue weighted by Gasteiger charge is -2.36. The van der Waals surface area contributed by atoms with Crippen LogP contribution in [0.25, 0.3) is 0 Å². The van der Waals surface area contributed by atoms with Crippen molar-refractivity contribution in [3.63, 3.8) is 0 Å². The van der Waals surface area contributed by atoms with E-state index in [2.05, 4.69) is 4.72 Å². The van der Waals surface area contributed by atoms with Gasteiger partial charge in [-0.25, -0.2) is 13.1 Å². The number of benzene rings is 2. The van der Waals surface area contributed by atoms with Gasteiger partial charge in [-0.2, -0.15) is 0 Å². The number of unbranched alkanes of at least 4 members (excludes halogenated alkanes) is 1. The summed E-state index contributed by atoms with van der Waals surface area (Å²) in [7, 11) is -2.04. The highest BCUT2D eigenvalue weighted by Crippen LogP contribution is 2.31. The summed E-state index contributed by atoms with van der Waals surface area (Å²) in [6, 6.07) is 9.70. The SMILES string of the molecule is CCCCS(=O)(=O)NC(=O)c1ccc2c(c1)N(Cc1ccc(Cl)cc1Cl)CN(C)C2=O. The third-order valence-electron chi connectivity index (χ3n) is 4.95. The average Bonchev–Trinajstić information content (AvgIpc) is 2.71. The zero-order chi connectivity index (χ0) is 22.8. The molecule has 166 valence electrons. The van der Waals surface area contributed by atoms with Gasteiger partial charge < -0.3 is 9.80 Å². The first-order chi connectivity index (χ1) is 14.6. The molecule has 0 spiro atoms. The minimum absolute atomic E-state index is 0.120. The molecule has 0 aliphatic carbocycles. The van der Waals surface area contributed by atoms with Crippen LogP contribution in [0.3, 0.4) is 0 Å². The van der Waals surface area contributed by atoms with Crippen molar-refractivity contribution in [1.29, 1.82) is 0 Å². The molecule has 0 aromatic heterocycles. The molecule has 0 saturated heterocycles. The van der Waals surface area contributed by atoms with Crippen LogP contribution in [-0.4, -0.2) is 44.6 Å². The van der Waals surface area contributed by atoms with Gasteiger partial charge in [0, 0.05) is 29.2 Å². The van der Waals surface area contributed by atoms with Crippen molar-refractivity contribution >= 4 is 50.7 Å². The van der Waals surface area contributed by atoms with E-state index in [-0.39, 0.29) is 23.9 Å². The fourth-order valence-corrected chi connectivity index (χ4v) is 4.93. The molecule has 3 rings (SSSR count). The second-order valence-electron chi connectivity index (χ2n) is 7.41. The Morgan fingerprint density at radius 3 is 2.58 bits per heavy atom. The van der Waals surface area contributed by atoms with Gasteiger partial charge in [-0.1, -0.05) is 42.6 Å². The highest BCUT2D eigenvalue weighted by Gasteiger charge is 2.28. The molecule has 7 nitrogen and oxygen atoms in total. The quantitative estimate of drug-likeness (QED) is 0.644. The molecular formula is C21H23Cl2N3O4S. The van der Waals surface area contributed by atoms with Crippen LogP contribution in [-0.2, 0) is 16.6 Å². The Balaban J connectivity index is 1.92. The van der Waals surface area contributed by atoms with Crippen molar-refractivity contribution in [3.8, 4) is 0 Å². The van der Waals surface area contributed by atoms with Crippen LogP contribution >= 0.6 is 23.2 Å². The van der Waals surface area contributed by atoms with Gasteiger partial charge in [0.05, 0.1) is 23.7 Å². The standard InChI is InChI=1S/C21H23Cl2N3O4S/c1-3-4-9-31(29,30)24-20(27)14-6-8-17-19(10-14)26(13-25(2)21(17)28)12-15-5-7-16(22)11-18(15)23/h5-8,10-11H,3-4,9,12-13H2,1-2H3,(H,24,27). The molecule has 2 aromatic rings. The molecule has 0 saturated carbocycles. The number of hydrogen-bond acceptors (Lipinski definition) is 5. The topological polar surface area (TPSA) is 86.8 Å². The van der Waals surface area contributed by atoms with Crippen LogP contribution < -0.4 is 9.62 Å². The number of rotatable bonds is 7. The van der Waals surface area contributed by atoms with E-state index in [1.165, 1.54) is 18.2 Å². The van der Waals surface area contributed by atoms with E-state index in [0.29, 0.717) is 40.7 Å².